The van der Waals surface area contributed by atoms with Crippen LogP contribution < -0.4 is 10.6 Å². The number of hydrogen-bond donors (Lipinski definition) is 4. The summed E-state index contributed by atoms with van der Waals surface area (Å²) in [4.78, 5) is 9.10. The molecule has 0 spiro atoms. The molecule has 1 aromatic rings. The van der Waals surface area contributed by atoms with Crippen molar-refractivity contribution in [1.29, 1.82) is 5.26 Å². The number of alkyl halides is 2. The van der Waals surface area contributed by atoms with E-state index in [-0.39, 0.29) is 24.7 Å². The maximum absolute atomic E-state index is 13.7. The van der Waals surface area contributed by atoms with Crippen LogP contribution in [-0.2, 0) is 9.47 Å². The number of fused-ring (bicyclic) bond motifs is 1. The zero-order chi connectivity index (χ0) is 25.4. The minimum atomic E-state index is -2.65. The SMILES string of the molecule is C[C@H]1O[C@@H](n2c(NCC3CCC(F)(F)C3)nc3c2NC=NC3OCC2CCC(C#N)CC2)[C@H](O)[C@@H]1O. The van der Waals surface area contributed by atoms with Gasteiger partial charge in [-0.1, -0.05) is 0 Å². The number of nitrogens with zero attached hydrogens (tertiary/aromatic N) is 4. The molecule has 198 valence electrons. The van der Waals surface area contributed by atoms with Crippen molar-refractivity contribution in [1.82, 2.24) is 9.55 Å². The van der Waals surface area contributed by atoms with Crippen LogP contribution in [0.15, 0.2) is 4.99 Å². The van der Waals surface area contributed by atoms with E-state index in [1.54, 1.807) is 11.5 Å². The molecule has 2 aliphatic heterocycles. The van der Waals surface area contributed by atoms with Crippen LogP contribution in [0.4, 0.5) is 20.5 Å². The topological polar surface area (TPSA) is 137 Å². The number of imidazole rings is 1. The molecule has 0 amide bonds. The van der Waals surface area contributed by atoms with Crippen LogP contribution in [-0.4, -0.2) is 63.5 Å². The van der Waals surface area contributed by atoms with Crippen molar-refractivity contribution in [3.05, 3.63) is 5.69 Å². The number of rotatable bonds is 7. The number of nitrogens with one attached hydrogen (secondary N) is 2. The van der Waals surface area contributed by atoms with Crippen molar-refractivity contribution in [3.63, 3.8) is 0 Å². The molecule has 5 rings (SSSR count). The molecule has 4 N–H and O–H groups in total. The third-order valence-corrected chi connectivity index (χ3v) is 7.89. The molecule has 3 fully saturated rings. The minimum Gasteiger partial charge on any atom is -0.388 e. The van der Waals surface area contributed by atoms with Crippen molar-refractivity contribution >= 4 is 18.1 Å². The molecule has 0 bridgehead atoms. The molecule has 2 unspecified atom stereocenters. The number of aromatic nitrogens is 2. The molecular formula is C24H34F2N6O4. The number of aliphatic hydroxyl groups excluding tert-OH is 2. The lowest BCUT2D eigenvalue weighted by molar-refractivity contribution is -0.0299. The summed E-state index contributed by atoms with van der Waals surface area (Å²) in [5.41, 5.74) is 0.493. The maximum Gasteiger partial charge on any atom is 0.248 e. The van der Waals surface area contributed by atoms with Crippen molar-refractivity contribution in [2.45, 2.75) is 88.6 Å². The molecule has 12 heteroatoms. The lowest BCUT2D eigenvalue weighted by atomic mass is 9.83. The van der Waals surface area contributed by atoms with Gasteiger partial charge in [0.2, 0.25) is 11.9 Å². The predicted octanol–water partition coefficient (Wildman–Crippen LogP) is 3.17. The molecule has 2 aliphatic carbocycles. The number of nitriles is 1. The Morgan fingerprint density at radius 3 is 2.67 bits per heavy atom. The molecule has 1 saturated heterocycles. The fraction of sp³-hybridized carbons (Fsp3) is 0.792. The Morgan fingerprint density at radius 2 is 2.03 bits per heavy atom. The van der Waals surface area contributed by atoms with Crippen molar-refractivity contribution in [2.24, 2.45) is 22.7 Å². The number of anilines is 2. The largest absolute Gasteiger partial charge is 0.388 e. The fourth-order valence-corrected chi connectivity index (χ4v) is 5.67. The van der Waals surface area contributed by atoms with E-state index in [1.165, 1.54) is 6.34 Å². The van der Waals surface area contributed by atoms with Gasteiger partial charge in [-0.05, 0) is 50.9 Å². The quantitative estimate of drug-likeness (QED) is 0.441. The Labute approximate surface area is 208 Å². The van der Waals surface area contributed by atoms with Crippen LogP contribution in [0, 0.1) is 29.1 Å². The summed E-state index contributed by atoms with van der Waals surface area (Å²) < 4.78 is 41.1. The first-order chi connectivity index (χ1) is 17.3. The van der Waals surface area contributed by atoms with Crippen LogP contribution in [0.25, 0.3) is 0 Å². The molecule has 4 aliphatic rings. The Hall–Kier alpha value is -2.33. The van der Waals surface area contributed by atoms with Gasteiger partial charge < -0.3 is 30.3 Å². The standard InChI is InChI=1S/C24H34F2N6O4/c1-13-18(33)19(34)22(36-13)32-20-17(31-23(32)28-10-16-6-7-24(25,26)8-16)21(30-12-29-20)35-11-15-4-2-14(9-27)3-5-15/h12-16,18-19,21-22,33-34H,2-8,10-11H2,1H3,(H,28,31)(H,29,30)/t13-,14?,15?,16?,18-,19-,21?,22-/m1/s1. The summed E-state index contributed by atoms with van der Waals surface area (Å²) >= 11 is 0. The Balaban J connectivity index is 1.35. The van der Waals surface area contributed by atoms with Gasteiger partial charge in [0.15, 0.2) is 12.5 Å². The molecule has 6 atom stereocenters. The number of ether oxygens (including phenoxy) is 2. The van der Waals surface area contributed by atoms with Crippen molar-refractivity contribution in [3.8, 4) is 6.07 Å². The number of aliphatic imine (C=N–C) groups is 1. The van der Waals surface area contributed by atoms with E-state index >= 15 is 0 Å². The van der Waals surface area contributed by atoms with Crippen LogP contribution in [0.3, 0.4) is 0 Å². The monoisotopic (exact) mass is 508 g/mol. The first-order valence-electron chi connectivity index (χ1n) is 12.8. The summed E-state index contributed by atoms with van der Waals surface area (Å²) in [5.74, 6) is -1.56. The molecule has 10 nitrogen and oxygen atoms in total. The highest BCUT2D eigenvalue weighted by Crippen LogP contribution is 2.42. The third-order valence-electron chi connectivity index (χ3n) is 7.89. The predicted molar refractivity (Wildman–Crippen MR) is 126 cm³/mol. The van der Waals surface area contributed by atoms with Gasteiger partial charge in [0.25, 0.3) is 0 Å². The number of aliphatic hydroxyl groups is 2. The average Bonchev–Trinajstić information content (AvgIpc) is 3.50. The second-order valence-electron chi connectivity index (χ2n) is 10.6. The van der Waals surface area contributed by atoms with Gasteiger partial charge >= 0.3 is 0 Å². The van der Waals surface area contributed by atoms with E-state index in [0.717, 1.165) is 25.7 Å². The smallest absolute Gasteiger partial charge is 0.248 e. The van der Waals surface area contributed by atoms with Crippen LogP contribution in [0.1, 0.15) is 70.0 Å². The summed E-state index contributed by atoms with van der Waals surface area (Å²) in [6, 6.07) is 2.34. The lowest BCUT2D eigenvalue weighted by Gasteiger charge is -2.27. The Kier molecular flexibility index (Phi) is 7.18. The Bertz CT molecular complexity index is 1010. The number of hydrogen-bond acceptors (Lipinski definition) is 9. The van der Waals surface area contributed by atoms with Crippen molar-refractivity contribution < 1.29 is 28.5 Å². The molecule has 36 heavy (non-hydrogen) atoms. The highest BCUT2D eigenvalue weighted by atomic mass is 19.3. The average molecular weight is 509 g/mol. The highest BCUT2D eigenvalue weighted by Gasteiger charge is 2.45. The van der Waals surface area contributed by atoms with Crippen molar-refractivity contribution in [2.75, 3.05) is 23.8 Å². The van der Waals surface area contributed by atoms with E-state index < -0.39 is 36.7 Å². The lowest BCUT2D eigenvalue weighted by Crippen LogP contribution is -2.31. The van der Waals surface area contributed by atoms with Crippen LogP contribution >= 0.6 is 0 Å². The maximum atomic E-state index is 13.7. The first-order valence-corrected chi connectivity index (χ1v) is 12.8. The Morgan fingerprint density at radius 1 is 1.25 bits per heavy atom. The van der Waals surface area contributed by atoms with Gasteiger partial charge in [-0.2, -0.15) is 5.26 Å². The second kappa shape index (κ2) is 10.2. The van der Waals surface area contributed by atoms with Gasteiger partial charge in [0.05, 0.1) is 25.1 Å². The molecule has 3 heterocycles. The molecular weight excluding hydrogens is 474 g/mol. The molecule has 1 aromatic heterocycles. The highest BCUT2D eigenvalue weighted by molar-refractivity contribution is 5.79. The second-order valence-corrected chi connectivity index (χ2v) is 10.6. The van der Waals surface area contributed by atoms with E-state index in [2.05, 4.69) is 21.7 Å². The summed E-state index contributed by atoms with van der Waals surface area (Å²) in [5, 5.41) is 36.4. The third kappa shape index (κ3) is 5.07. The normalized spacial score (nSPS) is 37.3. The first kappa shape index (κ1) is 25.3. The summed E-state index contributed by atoms with van der Waals surface area (Å²) in [6.45, 7) is 2.44. The molecule has 0 radical (unpaired) electrons. The van der Waals surface area contributed by atoms with Crippen LogP contribution in [0.5, 0.6) is 0 Å². The zero-order valence-corrected chi connectivity index (χ0v) is 20.3. The van der Waals surface area contributed by atoms with E-state index in [0.29, 0.717) is 43.0 Å². The van der Waals surface area contributed by atoms with Gasteiger partial charge in [-0.15, -0.1) is 0 Å². The van der Waals surface area contributed by atoms with E-state index in [9.17, 15) is 19.0 Å². The van der Waals surface area contributed by atoms with E-state index in [1.807, 2.05) is 0 Å². The summed E-state index contributed by atoms with van der Waals surface area (Å²) in [6.07, 6.45) is 0.685. The van der Waals surface area contributed by atoms with Gasteiger partial charge in [0.1, 0.15) is 23.7 Å². The molecule has 2 saturated carbocycles. The summed E-state index contributed by atoms with van der Waals surface area (Å²) in [7, 11) is 0. The van der Waals surface area contributed by atoms with E-state index in [4.69, 9.17) is 19.7 Å². The fourth-order valence-electron chi connectivity index (χ4n) is 5.67. The van der Waals surface area contributed by atoms with Crippen LogP contribution in [0.2, 0.25) is 0 Å². The molecule has 0 aromatic carbocycles. The number of halogens is 2. The zero-order valence-electron chi connectivity index (χ0n) is 20.3. The van der Waals surface area contributed by atoms with Gasteiger partial charge in [-0.25, -0.2) is 18.8 Å². The minimum absolute atomic E-state index is 0.115. The van der Waals surface area contributed by atoms with Gasteiger partial charge in [0, 0.05) is 25.3 Å². The van der Waals surface area contributed by atoms with Gasteiger partial charge in [-0.3, -0.25) is 4.57 Å².